The summed E-state index contributed by atoms with van der Waals surface area (Å²) >= 11 is 0. The highest BCUT2D eigenvalue weighted by molar-refractivity contribution is 6.04. The summed E-state index contributed by atoms with van der Waals surface area (Å²) in [5.41, 5.74) is 1.62. The summed E-state index contributed by atoms with van der Waals surface area (Å²) in [7, 11) is 0. The molecule has 6 nitrogen and oxygen atoms in total. The first-order valence-corrected chi connectivity index (χ1v) is 8.61. The van der Waals surface area contributed by atoms with Crippen LogP contribution in [0, 0.1) is 5.92 Å². The molecular formula is C19H21N3O3. The van der Waals surface area contributed by atoms with Crippen LogP contribution in [0.5, 0.6) is 11.5 Å². The number of piperidine rings is 1. The first-order valence-electron chi connectivity index (χ1n) is 8.61. The van der Waals surface area contributed by atoms with Crippen LogP contribution in [0.3, 0.4) is 0 Å². The van der Waals surface area contributed by atoms with E-state index in [0.29, 0.717) is 22.9 Å². The van der Waals surface area contributed by atoms with Gasteiger partial charge in [-0.1, -0.05) is 6.92 Å². The van der Waals surface area contributed by atoms with Crippen LogP contribution in [0.15, 0.2) is 36.5 Å². The van der Waals surface area contributed by atoms with Crippen LogP contribution in [0.2, 0.25) is 0 Å². The SMILES string of the molecule is CC1CCN(c2ccc(NC(=O)c3ccc4c(c3)OCO4)nc2)CC1. The molecule has 130 valence electrons. The zero-order chi connectivity index (χ0) is 17.2. The second-order valence-electron chi connectivity index (χ2n) is 6.59. The normalized spacial score (nSPS) is 16.8. The summed E-state index contributed by atoms with van der Waals surface area (Å²) < 4.78 is 10.6. The number of anilines is 2. The Hall–Kier alpha value is -2.76. The van der Waals surface area contributed by atoms with Gasteiger partial charge in [0.25, 0.3) is 5.91 Å². The van der Waals surface area contributed by atoms with E-state index in [1.54, 1.807) is 18.2 Å². The third-order valence-electron chi connectivity index (χ3n) is 4.77. The molecular weight excluding hydrogens is 318 g/mol. The van der Waals surface area contributed by atoms with Crippen molar-refractivity contribution in [2.24, 2.45) is 5.92 Å². The van der Waals surface area contributed by atoms with Crippen LogP contribution in [0.1, 0.15) is 30.1 Å². The number of nitrogens with zero attached hydrogens (tertiary/aromatic N) is 2. The number of aromatic nitrogens is 1. The number of pyridine rings is 1. The lowest BCUT2D eigenvalue weighted by Crippen LogP contribution is -2.32. The van der Waals surface area contributed by atoms with Crippen LogP contribution in [-0.2, 0) is 0 Å². The molecule has 1 aromatic carbocycles. The number of carbonyl (C=O) groups is 1. The van der Waals surface area contributed by atoms with Crippen LogP contribution >= 0.6 is 0 Å². The average molecular weight is 339 g/mol. The summed E-state index contributed by atoms with van der Waals surface area (Å²) in [6.07, 6.45) is 4.25. The van der Waals surface area contributed by atoms with Crippen molar-refractivity contribution < 1.29 is 14.3 Å². The van der Waals surface area contributed by atoms with Crippen LogP contribution in [0.4, 0.5) is 11.5 Å². The Morgan fingerprint density at radius 3 is 2.72 bits per heavy atom. The molecule has 4 rings (SSSR count). The number of amides is 1. The van der Waals surface area contributed by atoms with E-state index >= 15 is 0 Å². The van der Waals surface area contributed by atoms with Crippen molar-refractivity contribution in [3.05, 3.63) is 42.1 Å². The number of rotatable bonds is 3. The Kier molecular flexibility index (Phi) is 4.17. The highest BCUT2D eigenvalue weighted by Gasteiger charge is 2.18. The number of nitrogens with one attached hydrogen (secondary N) is 1. The molecule has 1 fully saturated rings. The number of hydrogen-bond donors (Lipinski definition) is 1. The van der Waals surface area contributed by atoms with E-state index in [9.17, 15) is 4.79 Å². The molecule has 0 aliphatic carbocycles. The van der Waals surface area contributed by atoms with E-state index in [1.165, 1.54) is 12.8 Å². The van der Waals surface area contributed by atoms with Crippen molar-refractivity contribution >= 4 is 17.4 Å². The van der Waals surface area contributed by atoms with Crippen LogP contribution < -0.4 is 19.7 Å². The molecule has 2 aliphatic rings. The van der Waals surface area contributed by atoms with E-state index in [0.717, 1.165) is 24.7 Å². The van der Waals surface area contributed by atoms with Crippen molar-refractivity contribution in [3.63, 3.8) is 0 Å². The third kappa shape index (κ3) is 3.38. The van der Waals surface area contributed by atoms with Crippen LogP contribution in [-0.4, -0.2) is 30.8 Å². The van der Waals surface area contributed by atoms with Crippen molar-refractivity contribution in [2.75, 3.05) is 30.1 Å². The second-order valence-corrected chi connectivity index (χ2v) is 6.59. The molecule has 25 heavy (non-hydrogen) atoms. The number of carbonyl (C=O) groups excluding carboxylic acids is 1. The van der Waals surface area contributed by atoms with Gasteiger partial charge in [0.1, 0.15) is 5.82 Å². The lowest BCUT2D eigenvalue weighted by atomic mass is 9.99. The van der Waals surface area contributed by atoms with Crippen LogP contribution in [0.25, 0.3) is 0 Å². The van der Waals surface area contributed by atoms with Gasteiger partial charge in [-0.15, -0.1) is 0 Å². The predicted molar refractivity (Wildman–Crippen MR) is 95.4 cm³/mol. The monoisotopic (exact) mass is 339 g/mol. The zero-order valence-corrected chi connectivity index (χ0v) is 14.2. The zero-order valence-electron chi connectivity index (χ0n) is 14.2. The van der Waals surface area contributed by atoms with Gasteiger partial charge in [-0.3, -0.25) is 4.79 Å². The Morgan fingerprint density at radius 1 is 1.16 bits per heavy atom. The quantitative estimate of drug-likeness (QED) is 0.929. The highest BCUT2D eigenvalue weighted by Crippen LogP contribution is 2.32. The third-order valence-corrected chi connectivity index (χ3v) is 4.77. The first-order chi connectivity index (χ1) is 12.2. The van der Waals surface area contributed by atoms with Gasteiger partial charge in [-0.05, 0) is 49.1 Å². The topological polar surface area (TPSA) is 63.7 Å². The van der Waals surface area contributed by atoms with Crippen molar-refractivity contribution in [3.8, 4) is 11.5 Å². The smallest absolute Gasteiger partial charge is 0.256 e. The van der Waals surface area contributed by atoms with E-state index in [-0.39, 0.29) is 12.7 Å². The lowest BCUT2D eigenvalue weighted by molar-refractivity contribution is 0.102. The van der Waals surface area contributed by atoms with Gasteiger partial charge in [0.15, 0.2) is 11.5 Å². The van der Waals surface area contributed by atoms with Crippen molar-refractivity contribution in [2.45, 2.75) is 19.8 Å². The summed E-state index contributed by atoms with van der Waals surface area (Å²) in [5.74, 6) is 2.37. The van der Waals surface area contributed by atoms with Crippen molar-refractivity contribution in [1.29, 1.82) is 0 Å². The molecule has 0 radical (unpaired) electrons. The predicted octanol–water partition coefficient (Wildman–Crippen LogP) is 3.30. The van der Waals surface area contributed by atoms with Crippen molar-refractivity contribution in [1.82, 2.24) is 4.98 Å². The molecule has 2 aliphatic heterocycles. The van der Waals surface area contributed by atoms with Gasteiger partial charge < -0.3 is 19.7 Å². The molecule has 0 spiro atoms. The van der Waals surface area contributed by atoms with Gasteiger partial charge in [0.2, 0.25) is 6.79 Å². The number of fused-ring (bicyclic) bond motifs is 1. The van der Waals surface area contributed by atoms with Gasteiger partial charge in [-0.25, -0.2) is 4.98 Å². The summed E-state index contributed by atoms with van der Waals surface area (Å²) in [6, 6.07) is 8.99. The molecule has 0 atom stereocenters. The standard InChI is InChI=1S/C19H21N3O3/c1-13-6-8-22(9-7-13)15-3-5-18(20-11-15)21-19(23)14-2-4-16-17(10-14)25-12-24-16/h2-5,10-11,13H,6-9,12H2,1H3,(H,20,21,23). The molecule has 0 unspecified atom stereocenters. The van der Waals surface area contributed by atoms with E-state index in [2.05, 4.69) is 22.1 Å². The fourth-order valence-electron chi connectivity index (χ4n) is 3.14. The second kappa shape index (κ2) is 6.63. The Morgan fingerprint density at radius 2 is 1.96 bits per heavy atom. The molecule has 3 heterocycles. The van der Waals surface area contributed by atoms with Gasteiger partial charge in [0.05, 0.1) is 11.9 Å². The van der Waals surface area contributed by atoms with E-state index in [4.69, 9.17) is 9.47 Å². The lowest BCUT2D eigenvalue weighted by Gasteiger charge is -2.31. The van der Waals surface area contributed by atoms with Gasteiger partial charge in [-0.2, -0.15) is 0 Å². The fraction of sp³-hybridized carbons (Fsp3) is 0.368. The average Bonchev–Trinajstić information content (AvgIpc) is 3.11. The molecule has 1 aromatic heterocycles. The molecule has 1 saturated heterocycles. The Bertz CT molecular complexity index is 768. The van der Waals surface area contributed by atoms with Gasteiger partial charge in [0, 0.05) is 18.7 Å². The Balaban J connectivity index is 1.41. The molecule has 1 N–H and O–H groups in total. The maximum absolute atomic E-state index is 12.4. The number of ether oxygens (including phenoxy) is 2. The molecule has 1 amide bonds. The highest BCUT2D eigenvalue weighted by atomic mass is 16.7. The van der Waals surface area contributed by atoms with Gasteiger partial charge >= 0.3 is 0 Å². The number of benzene rings is 1. The first kappa shape index (κ1) is 15.7. The minimum absolute atomic E-state index is 0.193. The molecule has 6 heteroatoms. The summed E-state index contributed by atoms with van der Waals surface area (Å²) in [4.78, 5) is 19.1. The largest absolute Gasteiger partial charge is 0.454 e. The molecule has 0 saturated carbocycles. The molecule has 2 aromatic rings. The number of hydrogen-bond acceptors (Lipinski definition) is 5. The Labute approximate surface area is 146 Å². The molecule has 0 bridgehead atoms. The summed E-state index contributed by atoms with van der Waals surface area (Å²) in [6.45, 7) is 4.61. The minimum atomic E-state index is -0.217. The maximum Gasteiger partial charge on any atom is 0.256 e. The minimum Gasteiger partial charge on any atom is -0.454 e. The van der Waals surface area contributed by atoms with E-state index in [1.807, 2.05) is 18.3 Å². The fourth-order valence-corrected chi connectivity index (χ4v) is 3.14. The van der Waals surface area contributed by atoms with E-state index < -0.39 is 0 Å². The summed E-state index contributed by atoms with van der Waals surface area (Å²) in [5, 5.41) is 2.82. The maximum atomic E-state index is 12.4.